The molecule has 8 heteroatoms. The molecule has 2 atom stereocenters. The van der Waals surface area contributed by atoms with Gasteiger partial charge in [0.05, 0.1) is 11.5 Å². The number of nitrogens with zero attached hydrogens (tertiary/aromatic N) is 2. The van der Waals surface area contributed by atoms with Crippen LogP contribution >= 0.6 is 23.4 Å². The third-order valence-electron chi connectivity index (χ3n) is 5.95. The van der Waals surface area contributed by atoms with Crippen LogP contribution in [0.25, 0.3) is 6.08 Å². The number of amides is 2. The second kappa shape index (κ2) is 8.87. The lowest BCUT2D eigenvalue weighted by atomic mass is 9.79. The van der Waals surface area contributed by atoms with Gasteiger partial charge in [-0.1, -0.05) is 18.5 Å². The molecular weight excluding hydrogens is 436 g/mol. The summed E-state index contributed by atoms with van der Waals surface area (Å²) in [7, 11) is 0. The molecule has 1 aromatic rings. The first kappa shape index (κ1) is 23.7. The van der Waals surface area contributed by atoms with Gasteiger partial charge in [0, 0.05) is 22.8 Å². The van der Waals surface area contributed by atoms with Crippen LogP contribution in [0.5, 0.6) is 0 Å². The van der Waals surface area contributed by atoms with Crippen LogP contribution in [-0.2, 0) is 14.3 Å². The molecule has 0 radical (unpaired) electrons. The Morgan fingerprint density at radius 3 is 2.65 bits per heavy atom. The van der Waals surface area contributed by atoms with Crippen LogP contribution in [0.2, 0.25) is 5.02 Å². The first-order valence-corrected chi connectivity index (χ1v) is 11.8. The monoisotopic (exact) mass is 464 g/mol. The van der Waals surface area contributed by atoms with Crippen molar-refractivity contribution in [2.75, 3.05) is 18.1 Å². The number of thioether (sulfide) groups is 1. The molecule has 6 nitrogen and oxygen atoms in total. The third-order valence-corrected chi connectivity index (χ3v) is 7.16. The topological polar surface area (TPSA) is 66.9 Å². The summed E-state index contributed by atoms with van der Waals surface area (Å²) in [4.78, 5) is 40.9. The molecule has 0 spiro atoms. The third kappa shape index (κ3) is 4.35. The number of ether oxygens (including phenoxy) is 1. The van der Waals surface area contributed by atoms with Crippen molar-refractivity contribution in [3.63, 3.8) is 0 Å². The highest BCUT2D eigenvalue weighted by Gasteiger charge is 2.42. The highest BCUT2D eigenvalue weighted by molar-refractivity contribution is 8.18. The summed E-state index contributed by atoms with van der Waals surface area (Å²) in [6.07, 6.45) is 2.65. The zero-order valence-corrected chi connectivity index (χ0v) is 20.4. The van der Waals surface area contributed by atoms with Gasteiger partial charge in [-0.3, -0.25) is 14.5 Å². The largest absolute Gasteiger partial charge is 0.464 e. The molecular formula is C23H29ClN2O4S. The van der Waals surface area contributed by atoms with Crippen molar-refractivity contribution in [2.45, 2.75) is 65.5 Å². The number of carbonyl (C=O) groups is 3. The Morgan fingerprint density at radius 2 is 2.03 bits per heavy atom. The Labute approximate surface area is 192 Å². The lowest BCUT2D eigenvalue weighted by molar-refractivity contribution is -0.150. The van der Waals surface area contributed by atoms with Gasteiger partial charge in [0.1, 0.15) is 6.04 Å². The summed E-state index contributed by atoms with van der Waals surface area (Å²) in [5.74, 6) is -0.779. The molecule has 2 aliphatic heterocycles. The smallest absolute Gasteiger partial charge is 0.329 e. The normalized spacial score (nSPS) is 22.7. The fourth-order valence-electron chi connectivity index (χ4n) is 4.55. The maximum atomic E-state index is 12.9. The number of halogens is 1. The quantitative estimate of drug-likeness (QED) is 0.427. The fourth-order valence-corrected chi connectivity index (χ4v) is 5.66. The van der Waals surface area contributed by atoms with E-state index in [1.54, 1.807) is 13.0 Å². The van der Waals surface area contributed by atoms with Crippen LogP contribution < -0.4 is 4.90 Å². The second-order valence-corrected chi connectivity index (χ2v) is 9.97. The number of benzene rings is 1. The van der Waals surface area contributed by atoms with Crippen LogP contribution in [0.1, 0.15) is 65.0 Å². The zero-order valence-electron chi connectivity index (χ0n) is 18.8. The van der Waals surface area contributed by atoms with E-state index in [-0.39, 0.29) is 17.1 Å². The summed E-state index contributed by atoms with van der Waals surface area (Å²) in [6.45, 7) is 13.0. The van der Waals surface area contributed by atoms with Crippen molar-refractivity contribution in [1.82, 2.24) is 4.90 Å². The highest BCUT2D eigenvalue weighted by atomic mass is 35.5. The summed E-state index contributed by atoms with van der Waals surface area (Å²) in [6, 6.07) is 3.00. The molecule has 3 rings (SSSR count). The van der Waals surface area contributed by atoms with Gasteiger partial charge in [0.25, 0.3) is 11.1 Å². The Balaban J connectivity index is 1.96. The lowest BCUT2D eigenvalue weighted by Gasteiger charge is -2.47. The minimum atomic E-state index is -0.974. The minimum Gasteiger partial charge on any atom is -0.464 e. The van der Waals surface area contributed by atoms with Crippen LogP contribution in [0.4, 0.5) is 10.5 Å². The molecule has 0 aromatic heterocycles. The van der Waals surface area contributed by atoms with E-state index in [0.29, 0.717) is 16.5 Å². The lowest BCUT2D eigenvalue weighted by Crippen LogP contribution is -2.48. The number of fused-ring (bicyclic) bond motifs is 1. The number of imide groups is 1. The van der Waals surface area contributed by atoms with E-state index in [0.717, 1.165) is 35.3 Å². The van der Waals surface area contributed by atoms with E-state index in [2.05, 4.69) is 32.6 Å². The number of hydrogen-bond acceptors (Lipinski definition) is 6. The van der Waals surface area contributed by atoms with E-state index >= 15 is 0 Å². The Bertz CT molecular complexity index is 959. The van der Waals surface area contributed by atoms with Gasteiger partial charge in [-0.15, -0.1) is 0 Å². The average Bonchev–Trinajstić information content (AvgIpc) is 2.95. The molecule has 1 saturated heterocycles. The van der Waals surface area contributed by atoms with E-state index in [9.17, 15) is 14.4 Å². The van der Waals surface area contributed by atoms with Crippen molar-refractivity contribution in [1.29, 1.82) is 0 Å². The summed E-state index contributed by atoms with van der Waals surface area (Å²) in [5.41, 5.74) is 3.00. The predicted octanol–water partition coefficient (Wildman–Crippen LogP) is 5.44. The van der Waals surface area contributed by atoms with Crippen LogP contribution in [0, 0.1) is 0 Å². The van der Waals surface area contributed by atoms with E-state index in [1.165, 1.54) is 12.5 Å². The Kier molecular flexibility index (Phi) is 6.77. The molecule has 0 bridgehead atoms. The number of rotatable bonds is 5. The molecule has 31 heavy (non-hydrogen) atoms. The van der Waals surface area contributed by atoms with Gasteiger partial charge < -0.3 is 9.64 Å². The van der Waals surface area contributed by atoms with Crippen molar-refractivity contribution >= 4 is 52.2 Å². The molecule has 2 heterocycles. The van der Waals surface area contributed by atoms with E-state index in [1.807, 2.05) is 12.1 Å². The van der Waals surface area contributed by atoms with Crippen LogP contribution in [0.15, 0.2) is 17.0 Å². The molecule has 0 saturated carbocycles. The maximum Gasteiger partial charge on any atom is 0.329 e. The number of esters is 1. The second-order valence-electron chi connectivity index (χ2n) is 8.57. The first-order chi connectivity index (χ1) is 14.5. The van der Waals surface area contributed by atoms with Gasteiger partial charge >= 0.3 is 5.97 Å². The maximum absolute atomic E-state index is 12.9. The molecule has 2 unspecified atom stereocenters. The Morgan fingerprint density at radius 1 is 1.35 bits per heavy atom. The summed E-state index contributed by atoms with van der Waals surface area (Å²) < 4.78 is 4.96. The molecule has 1 fully saturated rings. The van der Waals surface area contributed by atoms with Crippen molar-refractivity contribution < 1.29 is 19.1 Å². The zero-order chi connectivity index (χ0) is 23.1. The van der Waals surface area contributed by atoms with Crippen LogP contribution in [0.3, 0.4) is 0 Å². The molecule has 0 N–H and O–H groups in total. The van der Waals surface area contributed by atoms with Crippen molar-refractivity contribution in [3.05, 3.63) is 33.2 Å². The molecule has 1 aromatic carbocycles. The fraction of sp³-hybridized carbons (Fsp3) is 0.522. The van der Waals surface area contributed by atoms with Gasteiger partial charge in [-0.25, -0.2) is 4.79 Å². The van der Waals surface area contributed by atoms with Crippen molar-refractivity contribution in [2.24, 2.45) is 0 Å². The van der Waals surface area contributed by atoms with Gasteiger partial charge in [0.2, 0.25) is 0 Å². The van der Waals surface area contributed by atoms with Crippen molar-refractivity contribution in [3.8, 4) is 0 Å². The molecule has 2 amide bonds. The van der Waals surface area contributed by atoms with Gasteiger partial charge in [-0.2, -0.15) is 0 Å². The minimum absolute atomic E-state index is 0.0257. The molecule has 2 aliphatic rings. The van der Waals surface area contributed by atoms with E-state index < -0.39 is 23.2 Å². The van der Waals surface area contributed by atoms with Crippen LogP contribution in [-0.4, -0.2) is 46.7 Å². The number of anilines is 1. The summed E-state index contributed by atoms with van der Waals surface area (Å²) in [5, 5.41) is 0.0329. The SMILES string of the molecule is CCOC(=O)C(C)N1C(=O)S/C(=C\c2cc3c(cc2Cl)N(CC)C(C)(C)CC3C)C1=O. The standard InChI is InChI=1S/C23H29ClN2O4S/c1-7-25-18-11-17(24)15(9-16(18)13(3)12-23(25,5)6)10-19-20(27)26(22(29)31-19)14(4)21(28)30-8-2/h9-11,13-14H,7-8,12H2,1-6H3/b19-10-. The number of hydrogen-bond donors (Lipinski definition) is 0. The Hall–Kier alpha value is -1.99. The average molecular weight is 465 g/mol. The first-order valence-electron chi connectivity index (χ1n) is 10.6. The molecule has 0 aliphatic carbocycles. The summed E-state index contributed by atoms with van der Waals surface area (Å²) >= 11 is 7.43. The van der Waals surface area contributed by atoms with Gasteiger partial charge in [-0.05, 0) is 88.1 Å². The van der Waals surface area contributed by atoms with Gasteiger partial charge in [0.15, 0.2) is 0 Å². The number of carbonyl (C=O) groups excluding carboxylic acids is 3. The van der Waals surface area contributed by atoms with E-state index in [4.69, 9.17) is 16.3 Å². The molecule has 168 valence electrons. The highest BCUT2D eigenvalue weighted by Crippen LogP contribution is 2.46. The predicted molar refractivity (Wildman–Crippen MR) is 125 cm³/mol.